The molecule has 0 unspecified atom stereocenters. The molecule has 4 heteroatoms. The summed E-state index contributed by atoms with van der Waals surface area (Å²) in [6, 6.07) is 21.8. The Hall–Kier alpha value is -3.27. The summed E-state index contributed by atoms with van der Waals surface area (Å²) >= 11 is 0. The number of amides is 1. The second-order valence-electron chi connectivity index (χ2n) is 6.60. The molecular formula is C23H22N2O2. The van der Waals surface area contributed by atoms with Gasteiger partial charge in [0.15, 0.2) is 5.58 Å². The molecule has 2 heterocycles. The van der Waals surface area contributed by atoms with Gasteiger partial charge in [0, 0.05) is 30.9 Å². The van der Waals surface area contributed by atoms with Crippen LogP contribution in [0.4, 0.5) is 5.69 Å². The van der Waals surface area contributed by atoms with Crippen LogP contribution in [-0.4, -0.2) is 17.0 Å². The van der Waals surface area contributed by atoms with Gasteiger partial charge in [-0.25, -0.2) is 0 Å². The number of rotatable bonds is 5. The molecule has 4 nitrogen and oxygen atoms in total. The highest BCUT2D eigenvalue weighted by Gasteiger charge is 2.23. The number of hydrogen-bond acceptors (Lipinski definition) is 2. The van der Waals surface area contributed by atoms with Crippen LogP contribution in [0.5, 0.6) is 0 Å². The molecule has 0 aliphatic heterocycles. The van der Waals surface area contributed by atoms with E-state index in [1.807, 2.05) is 61.5 Å². The van der Waals surface area contributed by atoms with Gasteiger partial charge in [0.25, 0.3) is 5.91 Å². The molecule has 136 valence electrons. The van der Waals surface area contributed by atoms with Gasteiger partial charge in [-0.1, -0.05) is 42.5 Å². The molecule has 0 aliphatic rings. The molecule has 1 amide bonds. The molecule has 4 aromatic rings. The molecule has 4 rings (SSSR count). The maximum atomic E-state index is 13.4. The van der Waals surface area contributed by atoms with Crippen LogP contribution in [0.3, 0.4) is 0 Å². The number of hydrogen-bond donors (Lipinski definition) is 0. The van der Waals surface area contributed by atoms with E-state index in [2.05, 4.69) is 23.6 Å². The lowest BCUT2D eigenvalue weighted by molar-refractivity contribution is 0.0980. The van der Waals surface area contributed by atoms with Crippen molar-refractivity contribution in [3.8, 4) is 0 Å². The van der Waals surface area contributed by atoms with Gasteiger partial charge < -0.3 is 13.9 Å². The van der Waals surface area contributed by atoms with Crippen LogP contribution < -0.4 is 4.90 Å². The number of nitrogens with zero attached hydrogens (tertiary/aromatic N) is 2. The van der Waals surface area contributed by atoms with Crippen molar-refractivity contribution in [2.45, 2.75) is 20.4 Å². The molecular weight excluding hydrogens is 336 g/mol. The normalized spacial score (nSPS) is 11.0. The van der Waals surface area contributed by atoms with Crippen molar-refractivity contribution in [1.29, 1.82) is 0 Å². The third kappa shape index (κ3) is 3.14. The van der Waals surface area contributed by atoms with Crippen molar-refractivity contribution >= 4 is 22.7 Å². The molecule has 0 aliphatic carbocycles. The van der Waals surface area contributed by atoms with E-state index in [9.17, 15) is 4.79 Å². The summed E-state index contributed by atoms with van der Waals surface area (Å²) in [5.41, 5.74) is 5.59. The Labute approximate surface area is 158 Å². The minimum absolute atomic E-state index is 0.0244. The van der Waals surface area contributed by atoms with E-state index in [0.717, 1.165) is 16.8 Å². The summed E-state index contributed by atoms with van der Waals surface area (Å²) in [6.45, 7) is 5.31. The van der Waals surface area contributed by atoms with Gasteiger partial charge in [0.2, 0.25) is 0 Å². The van der Waals surface area contributed by atoms with Crippen LogP contribution >= 0.6 is 0 Å². The molecule has 0 bridgehead atoms. The van der Waals surface area contributed by atoms with Crippen LogP contribution in [0, 0.1) is 6.92 Å². The van der Waals surface area contributed by atoms with Crippen LogP contribution in [0.2, 0.25) is 0 Å². The number of para-hydroxylation sites is 1. The van der Waals surface area contributed by atoms with Gasteiger partial charge in [0.05, 0.1) is 11.8 Å². The van der Waals surface area contributed by atoms with Crippen molar-refractivity contribution in [3.05, 3.63) is 89.8 Å². The minimum atomic E-state index is -0.0244. The van der Waals surface area contributed by atoms with E-state index in [1.54, 1.807) is 11.2 Å². The first-order valence-electron chi connectivity index (χ1n) is 9.17. The first-order valence-corrected chi connectivity index (χ1v) is 9.17. The third-order valence-corrected chi connectivity index (χ3v) is 4.96. The number of aromatic nitrogens is 1. The van der Waals surface area contributed by atoms with Crippen LogP contribution in [0.25, 0.3) is 11.1 Å². The first kappa shape index (κ1) is 17.2. The molecule has 2 aromatic heterocycles. The summed E-state index contributed by atoms with van der Waals surface area (Å²) < 4.78 is 7.64. The molecule has 0 atom stereocenters. The molecule has 27 heavy (non-hydrogen) atoms. The van der Waals surface area contributed by atoms with E-state index < -0.39 is 0 Å². The zero-order valence-corrected chi connectivity index (χ0v) is 15.6. The number of furan rings is 1. The number of aryl methyl sites for hydroxylation is 1. The second kappa shape index (κ2) is 7.16. The van der Waals surface area contributed by atoms with Crippen LogP contribution in [-0.2, 0) is 6.54 Å². The highest BCUT2D eigenvalue weighted by atomic mass is 16.3. The fourth-order valence-corrected chi connectivity index (χ4v) is 3.47. The summed E-state index contributed by atoms with van der Waals surface area (Å²) in [6.07, 6.45) is 1.67. The van der Waals surface area contributed by atoms with Gasteiger partial charge >= 0.3 is 0 Å². The summed E-state index contributed by atoms with van der Waals surface area (Å²) in [7, 11) is 0. The molecule has 0 radical (unpaired) electrons. The standard InChI is InChI=1S/C23H22N2O2/c1-3-24(19-11-5-4-6-12-19)23(26)21-15-22-20(13-14-27-22)25(21)16-18-10-8-7-9-17(18)2/h4-15H,3,16H2,1-2H3. The van der Waals surface area contributed by atoms with Gasteiger partial charge in [-0.2, -0.15) is 0 Å². The Balaban J connectivity index is 1.78. The number of fused-ring (bicyclic) bond motifs is 1. The minimum Gasteiger partial charge on any atom is -0.463 e. The van der Waals surface area contributed by atoms with Gasteiger partial charge in [-0.05, 0) is 37.1 Å². The predicted octanol–water partition coefficient (Wildman–Crippen LogP) is 5.26. The quantitative estimate of drug-likeness (QED) is 0.488. The zero-order valence-electron chi connectivity index (χ0n) is 15.6. The SMILES string of the molecule is CCN(C(=O)c1cc2occc2n1Cc1ccccc1C)c1ccccc1. The average molecular weight is 358 g/mol. The van der Waals surface area contributed by atoms with Crippen molar-refractivity contribution in [1.82, 2.24) is 4.57 Å². The van der Waals surface area contributed by atoms with E-state index >= 15 is 0 Å². The van der Waals surface area contributed by atoms with Crippen molar-refractivity contribution < 1.29 is 9.21 Å². The van der Waals surface area contributed by atoms with Gasteiger partial charge in [-0.15, -0.1) is 0 Å². The lowest BCUT2D eigenvalue weighted by Crippen LogP contribution is -2.32. The van der Waals surface area contributed by atoms with Crippen molar-refractivity contribution in [2.75, 3.05) is 11.4 Å². The fraction of sp³-hybridized carbons (Fsp3) is 0.174. The summed E-state index contributed by atoms with van der Waals surface area (Å²) in [5, 5.41) is 0. The van der Waals surface area contributed by atoms with E-state index in [-0.39, 0.29) is 5.91 Å². The van der Waals surface area contributed by atoms with Crippen LogP contribution in [0.1, 0.15) is 28.5 Å². The molecule has 0 spiro atoms. The Morgan fingerprint density at radius 1 is 1.04 bits per heavy atom. The Morgan fingerprint density at radius 2 is 1.78 bits per heavy atom. The smallest absolute Gasteiger partial charge is 0.275 e. The van der Waals surface area contributed by atoms with Crippen molar-refractivity contribution in [2.24, 2.45) is 0 Å². The molecule has 0 N–H and O–H groups in total. The lowest BCUT2D eigenvalue weighted by atomic mass is 10.1. The van der Waals surface area contributed by atoms with E-state index in [4.69, 9.17) is 4.42 Å². The highest BCUT2D eigenvalue weighted by molar-refractivity contribution is 6.07. The number of carbonyl (C=O) groups is 1. The zero-order chi connectivity index (χ0) is 18.8. The monoisotopic (exact) mass is 358 g/mol. The highest BCUT2D eigenvalue weighted by Crippen LogP contribution is 2.26. The number of benzene rings is 2. The van der Waals surface area contributed by atoms with E-state index in [0.29, 0.717) is 18.8 Å². The van der Waals surface area contributed by atoms with Gasteiger partial charge in [-0.3, -0.25) is 4.79 Å². The molecule has 0 fully saturated rings. The summed E-state index contributed by atoms with van der Waals surface area (Å²) in [5.74, 6) is -0.0244. The Bertz CT molecular complexity index is 1080. The first-order chi connectivity index (χ1) is 13.2. The second-order valence-corrected chi connectivity index (χ2v) is 6.60. The average Bonchev–Trinajstić information content (AvgIpc) is 3.27. The predicted molar refractivity (Wildman–Crippen MR) is 108 cm³/mol. The van der Waals surface area contributed by atoms with Crippen molar-refractivity contribution in [3.63, 3.8) is 0 Å². The van der Waals surface area contributed by atoms with E-state index in [1.165, 1.54) is 11.1 Å². The number of carbonyl (C=O) groups excluding carboxylic acids is 1. The molecule has 0 saturated heterocycles. The third-order valence-electron chi connectivity index (χ3n) is 4.96. The Morgan fingerprint density at radius 3 is 2.52 bits per heavy atom. The maximum absolute atomic E-state index is 13.4. The molecule has 2 aromatic carbocycles. The fourth-order valence-electron chi connectivity index (χ4n) is 3.47. The summed E-state index contributed by atoms with van der Waals surface area (Å²) in [4.78, 5) is 15.2. The molecule has 0 saturated carbocycles. The maximum Gasteiger partial charge on any atom is 0.275 e. The topological polar surface area (TPSA) is 38.4 Å². The Kier molecular flexibility index (Phi) is 4.55. The van der Waals surface area contributed by atoms with Gasteiger partial charge in [0.1, 0.15) is 5.69 Å². The largest absolute Gasteiger partial charge is 0.463 e. The van der Waals surface area contributed by atoms with Crippen LogP contribution in [0.15, 0.2) is 77.4 Å². The lowest BCUT2D eigenvalue weighted by Gasteiger charge is -2.22. The number of anilines is 1.